The molecule has 0 aliphatic carbocycles. The highest BCUT2D eigenvalue weighted by Crippen LogP contribution is 2.30. The molecular formula is C38H30N4O2. The van der Waals surface area contributed by atoms with Crippen LogP contribution < -0.4 is 0 Å². The van der Waals surface area contributed by atoms with Crippen molar-refractivity contribution in [3.63, 3.8) is 0 Å². The number of aliphatic imine (C=N–C) groups is 2. The molecule has 0 N–H and O–H groups in total. The molecule has 6 nitrogen and oxygen atoms in total. The number of fused-ring (bicyclic) bond motifs is 2. The number of hydrogen-bond acceptors (Lipinski definition) is 6. The average molecular weight is 575 g/mol. The molecule has 0 atom stereocenters. The van der Waals surface area contributed by atoms with E-state index in [0.717, 1.165) is 55.8 Å². The molecule has 0 aliphatic heterocycles. The van der Waals surface area contributed by atoms with E-state index in [0.29, 0.717) is 11.8 Å². The van der Waals surface area contributed by atoms with Crippen LogP contribution >= 0.6 is 0 Å². The first-order valence-electron chi connectivity index (χ1n) is 14.5. The summed E-state index contributed by atoms with van der Waals surface area (Å²) in [6.45, 7) is 8.38. The van der Waals surface area contributed by atoms with Crippen LogP contribution in [0.25, 0.3) is 45.1 Å². The Hall–Kier alpha value is -5.62. The number of nitrogens with zero attached hydrogens (tertiary/aromatic N) is 4. The molecule has 0 saturated carbocycles. The zero-order valence-electron chi connectivity index (χ0n) is 25.0. The third-order valence-electron chi connectivity index (χ3n) is 7.91. The second-order valence-corrected chi connectivity index (χ2v) is 11.1. The normalized spacial score (nSPS) is 11.9. The van der Waals surface area contributed by atoms with Crippen molar-refractivity contribution in [1.29, 1.82) is 0 Å². The maximum Gasteiger partial charge on any atom is 0.227 e. The largest absolute Gasteiger partial charge is 0.436 e. The Balaban J connectivity index is 1.03. The summed E-state index contributed by atoms with van der Waals surface area (Å²) in [6, 6.07) is 32.1. The van der Waals surface area contributed by atoms with E-state index in [1.165, 1.54) is 22.3 Å². The molecule has 7 rings (SSSR count). The Bertz CT molecular complexity index is 2060. The van der Waals surface area contributed by atoms with Gasteiger partial charge in [0.05, 0.1) is 11.4 Å². The maximum absolute atomic E-state index is 6.00. The molecular weight excluding hydrogens is 544 g/mol. The monoisotopic (exact) mass is 574 g/mol. The highest BCUT2D eigenvalue weighted by Gasteiger charge is 2.11. The van der Waals surface area contributed by atoms with Crippen molar-refractivity contribution in [1.82, 2.24) is 9.97 Å². The standard InChI is InChI=1S/C38H30N4O2/c1-23-5-11-29(17-25(23)3)37-41-33-19-31(13-15-35(33)43-37)39-21-27-7-9-28(10-8-27)22-40-32-14-16-36-34(20-32)42-38(44-36)30-12-6-24(2)26(4)18-30/h5-22H,1-4H3. The summed E-state index contributed by atoms with van der Waals surface area (Å²) in [4.78, 5) is 18.7. The Morgan fingerprint density at radius 2 is 0.909 bits per heavy atom. The van der Waals surface area contributed by atoms with Crippen molar-refractivity contribution < 1.29 is 8.83 Å². The predicted molar refractivity (Wildman–Crippen MR) is 179 cm³/mol. The number of oxazole rings is 2. The van der Waals surface area contributed by atoms with Gasteiger partial charge in [0.25, 0.3) is 0 Å². The molecule has 2 heterocycles. The van der Waals surface area contributed by atoms with Gasteiger partial charge in [-0.1, -0.05) is 36.4 Å². The Morgan fingerprint density at radius 3 is 1.32 bits per heavy atom. The van der Waals surface area contributed by atoms with Gasteiger partial charge < -0.3 is 8.83 Å². The van der Waals surface area contributed by atoms with Crippen LogP contribution in [0.5, 0.6) is 0 Å². The van der Waals surface area contributed by atoms with Crippen LogP contribution in [0.3, 0.4) is 0 Å². The van der Waals surface area contributed by atoms with Crippen LogP contribution in [0.15, 0.2) is 116 Å². The van der Waals surface area contributed by atoms with Gasteiger partial charge in [-0.05, 0) is 122 Å². The van der Waals surface area contributed by atoms with Gasteiger partial charge in [0.2, 0.25) is 11.8 Å². The van der Waals surface area contributed by atoms with E-state index in [1.807, 2.05) is 85.2 Å². The Morgan fingerprint density at radius 1 is 0.477 bits per heavy atom. The fraction of sp³-hybridized carbons (Fsp3) is 0.105. The topological polar surface area (TPSA) is 76.8 Å². The summed E-state index contributed by atoms with van der Waals surface area (Å²) < 4.78 is 12.0. The third kappa shape index (κ3) is 5.57. The maximum atomic E-state index is 6.00. The van der Waals surface area contributed by atoms with Crippen LogP contribution in [0, 0.1) is 27.7 Å². The first kappa shape index (κ1) is 27.2. The van der Waals surface area contributed by atoms with Crippen LogP contribution in [0.4, 0.5) is 11.4 Å². The fourth-order valence-corrected chi connectivity index (χ4v) is 4.95. The lowest BCUT2D eigenvalue weighted by atomic mass is 10.1. The Labute approximate surface area is 255 Å². The van der Waals surface area contributed by atoms with E-state index in [4.69, 9.17) is 18.8 Å². The molecule has 7 aromatic rings. The van der Waals surface area contributed by atoms with E-state index in [9.17, 15) is 0 Å². The van der Waals surface area contributed by atoms with E-state index in [1.54, 1.807) is 0 Å². The molecule has 214 valence electrons. The number of benzene rings is 5. The van der Waals surface area contributed by atoms with E-state index in [-0.39, 0.29) is 0 Å². The Kier molecular flexibility index (Phi) is 6.95. The second kappa shape index (κ2) is 11.2. The minimum atomic E-state index is 0.615. The van der Waals surface area contributed by atoms with Crippen molar-refractivity contribution >= 4 is 46.0 Å². The summed E-state index contributed by atoms with van der Waals surface area (Å²) >= 11 is 0. The SMILES string of the molecule is Cc1ccc(-c2nc3cc(N=Cc4ccc(C=Nc5ccc6oc(-c7ccc(C)c(C)c7)nc6c5)cc4)ccc3o2)cc1C. The lowest BCUT2D eigenvalue weighted by Gasteiger charge is -2.01. The second-order valence-electron chi connectivity index (χ2n) is 11.1. The van der Waals surface area contributed by atoms with Crippen molar-refractivity contribution in [2.24, 2.45) is 9.98 Å². The molecule has 0 bridgehead atoms. The number of aryl methyl sites for hydroxylation is 4. The fourth-order valence-electron chi connectivity index (χ4n) is 4.95. The van der Waals surface area contributed by atoms with Crippen molar-refractivity contribution in [3.05, 3.63) is 130 Å². The van der Waals surface area contributed by atoms with Gasteiger partial charge >= 0.3 is 0 Å². The molecule has 2 aromatic heterocycles. The molecule has 0 unspecified atom stereocenters. The minimum Gasteiger partial charge on any atom is -0.436 e. The van der Waals surface area contributed by atoms with E-state index < -0.39 is 0 Å². The van der Waals surface area contributed by atoms with E-state index in [2.05, 4.69) is 61.9 Å². The molecule has 5 aromatic carbocycles. The highest BCUT2D eigenvalue weighted by molar-refractivity contribution is 5.88. The predicted octanol–water partition coefficient (Wildman–Crippen LogP) is 10.0. The molecule has 44 heavy (non-hydrogen) atoms. The number of aromatic nitrogens is 2. The van der Waals surface area contributed by atoms with Gasteiger partial charge in [-0.25, -0.2) is 9.97 Å². The summed E-state index contributed by atoms with van der Waals surface area (Å²) in [7, 11) is 0. The third-order valence-corrected chi connectivity index (χ3v) is 7.91. The number of hydrogen-bond donors (Lipinski definition) is 0. The first-order chi connectivity index (χ1) is 21.4. The molecule has 0 saturated heterocycles. The van der Waals surface area contributed by atoms with Crippen LogP contribution in [0.2, 0.25) is 0 Å². The van der Waals surface area contributed by atoms with Crippen LogP contribution in [-0.4, -0.2) is 22.4 Å². The van der Waals surface area contributed by atoms with Crippen molar-refractivity contribution in [3.8, 4) is 22.9 Å². The highest BCUT2D eigenvalue weighted by atomic mass is 16.4. The molecule has 0 radical (unpaired) electrons. The van der Waals surface area contributed by atoms with Crippen LogP contribution in [0.1, 0.15) is 33.4 Å². The van der Waals surface area contributed by atoms with Crippen LogP contribution in [-0.2, 0) is 0 Å². The summed E-state index contributed by atoms with van der Waals surface area (Å²) in [6.07, 6.45) is 3.69. The van der Waals surface area contributed by atoms with Gasteiger partial charge in [0.1, 0.15) is 11.0 Å². The molecule has 6 heteroatoms. The molecule has 0 amide bonds. The van der Waals surface area contributed by atoms with Crippen molar-refractivity contribution in [2.75, 3.05) is 0 Å². The van der Waals surface area contributed by atoms with Crippen molar-refractivity contribution in [2.45, 2.75) is 27.7 Å². The zero-order chi connectivity index (χ0) is 30.2. The molecule has 0 fully saturated rings. The summed E-state index contributed by atoms with van der Waals surface area (Å²) in [5.74, 6) is 1.23. The lowest BCUT2D eigenvalue weighted by Crippen LogP contribution is -1.84. The summed E-state index contributed by atoms with van der Waals surface area (Å²) in [5, 5.41) is 0. The van der Waals surface area contributed by atoms with E-state index >= 15 is 0 Å². The zero-order valence-corrected chi connectivity index (χ0v) is 25.0. The van der Waals surface area contributed by atoms with Gasteiger partial charge in [0, 0.05) is 23.6 Å². The smallest absolute Gasteiger partial charge is 0.227 e. The summed E-state index contributed by atoms with van der Waals surface area (Å²) in [5.41, 5.74) is 13.5. The molecule has 0 aliphatic rings. The van der Waals surface area contributed by atoms with Gasteiger partial charge in [-0.15, -0.1) is 0 Å². The molecule has 0 spiro atoms. The number of rotatable bonds is 6. The first-order valence-corrected chi connectivity index (χ1v) is 14.5. The van der Waals surface area contributed by atoms with Gasteiger partial charge in [-0.3, -0.25) is 9.98 Å². The minimum absolute atomic E-state index is 0.615. The van der Waals surface area contributed by atoms with Gasteiger partial charge in [0.15, 0.2) is 11.2 Å². The van der Waals surface area contributed by atoms with Gasteiger partial charge in [-0.2, -0.15) is 0 Å². The average Bonchev–Trinajstić information content (AvgIpc) is 3.66. The lowest BCUT2D eigenvalue weighted by molar-refractivity contribution is 0.619. The quantitative estimate of drug-likeness (QED) is 0.185.